The van der Waals surface area contributed by atoms with Crippen molar-refractivity contribution in [2.75, 3.05) is 7.11 Å². The molecule has 0 aliphatic heterocycles. The fraction of sp³-hybridized carbons (Fsp3) is 0.182. The Morgan fingerprint density at radius 2 is 2.13 bits per heavy atom. The number of carbonyl (C=O) groups is 1. The molecule has 80 valence electrons. The Morgan fingerprint density at radius 1 is 1.47 bits per heavy atom. The van der Waals surface area contributed by atoms with Crippen molar-refractivity contribution in [3.8, 4) is 0 Å². The molecule has 0 heterocycles. The predicted molar refractivity (Wildman–Crippen MR) is 60.3 cm³/mol. The molecule has 15 heavy (non-hydrogen) atoms. The van der Waals surface area contributed by atoms with Gasteiger partial charge in [0.15, 0.2) is 0 Å². The Hall–Kier alpha value is -1.32. The van der Waals surface area contributed by atoms with Gasteiger partial charge in [0.05, 0.1) is 7.11 Å². The third kappa shape index (κ3) is 3.38. The van der Waals surface area contributed by atoms with E-state index in [1.807, 2.05) is 25.1 Å². The van der Waals surface area contributed by atoms with Crippen LogP contribution in [0.25, 0.3) is 5.57 Å². The summed E-state index contributed by atoms with van der Waals surface area (Å²) in [5, 5.41) is 0.622. The SMILES string of the molecule is CONC(=O)/C=C(/C)c1ccccc1Cl. The van der Waals surface area contributed by atoms with Crippen LogP contribution in [0.15, 0.2) is 30.3 Å². The minimum atomic E-state index is -0.310. The van der Waals surface area contributed by atoms with Crippen LogP contribution < -0.4 is 5.48 Å². The summed E-state index contributed by atoms with van der Waals surface area (Å²) in [4.78, 5) is 15.7. The van der Waals surface area contributed by atoms with Gasteiger partial charge in [-0.15, -0.1) is 0 Å². The van der Waals surface area contributed by atoms with Gasteiger partial charge in [-0.1, -0.05) is 29.8 Å². The Balaban J connectivity index is 2.89. The van der Waals surface area contributed by atoms with Crippen LogP contribution in [0, 0.1) is 0 Å². The minimum Gasteiger partial charge on any atom is -0.277 e. The van der Waals surface area contributed by atoms with Gasteiger partial charge in [-0.05, 0) is 24.1 Å². The maximum Gasteiger partial charge on any atom is 0.267 e. The van der Waals surface area contributed by atoms with Crippen molar-refractivity contribution in [1.82, 2.24) is 5.48 Å². The lowest BCUT2D eigenvalue weighted by Gasteiger charge is -2.04. The topological polar surface area (TPSA) is 38.3 Å². The highest BCUT2D eigenvalue weighted by molar-refractivity contribution is 6.32. The van der Waals surface area contributed by atoms with Gasteiger partial charge in [0.2, 0.25) is 0 Å². The second-order valence-electron chi connectivity index (χ2n) is 2.98. The Morgan fingerprint density at radius 3 is 2.73 bits per heavy atom. The molecule has 0 spiro atoms. The molecule has 0 aromatic heterocycles. The number of halogens is 1. The van der Waals surface area contributed by atoms with Crippen molar-refractivity contribution in [2.24, 2.45) is 0 Å². The Labute approximate surface area is 93.6 Å². The van der Waals surface area contributed by atoms with Crippen LogP contribution in [0.1, 0.15) is 12.5 Å². The molecule has 0 atom stereocenters. The molecule has 1 rings (SSSR count). The molecule has 4 heteroatoms. The van der Waals surface area contributed by atoms with E-state index in [9.17, 15) is 4.79 Å². The zero-order valence-corrected chi connectivity index (χ0v) is 9.34. The van der Waals surface area contributed by atoms with Gasteiger partial charge in [0.25, 0.3) is 5.91 Å². The van der Waals surface area contributed by atoms with Crippen LogP contribution in [0.2, 0.25) is 5.02 Å². The number of hydroxylamine groups is 1. The van der Waals surface area contributed by atoms with E-state index in [2.05, 4.69) is 10.3 Å². The first-order chi connectivity index (χ1) is 7.15. The summed E-state index contributed by atoms with van der Waals surface area (Å²) in [6.07, 6.45) is 1.44. The van der Waals surface area contributed by atoms with Gasteiger partial charge >= 0.3 is 0 Å². The molecule has 0 unspecified atom stereocenters. The van der Waals surface area contributed by atoms with Crippen LogP contribution in [-0.2, 0) is 9.63 Å². The molecule has 0 bridgehead atoms. The Bertz CT molecular complexity index is 388. The summed E-state index contributed by atoms with van der Waals surface area (Å²) >= 11 is 5.98. The van der Waals surface area contributed by atoms with Crippen molar-refractivity contribution in [2.45, 2.75) is 6.92 Å². The monoisotopic (exact) mass is 225 g/mol. The predicted octanol–water partition coefficient (Wildman–Crippen LogP) is 2.42. The lowest BCUT2D eigenvalue weighted by atomic mass is 10.1. The molecule has 0 saturated carbocycles. The quantitative estimate of drug-likeness (QED) is 0.634. The largest absolute Gasteiger partial charge is 0.277 e. The molecule has 0 aliphatic carbocycles. The van der Waals surface area contributed by atoms with Crippen LogP contribution in [-0.4, -0.2) is 13.0 Å². The van der Waals surface area contributed by atoms with E-state index in [1.54, 1.807) is 6.07 Å². The first-order valence-corrected chi connectivity index (χ1v) is 4.79. The summed E-state index contributed by atoms with van der Waals surface area (Å²) in [5.41, 5.74) is 3.83. The molecule has 3 nitrogen and oxygen atoms in total. The standard InChI is InChI=1S/C11H12ClNO2/c1-8(7-11(14)13-15-2)9-5-3-4-6-10(9)12/h3-7H,1-2H3,(H,13,14)/b8-7-. The first kappa shape index (κ1) is 11.8. The van der Waals surface area contributed by atoms with Gasteiger partial charge in [0, 0.05) is 11.1 Å². The van der Waals surface area contributed by atoms with Crippen LogP contribution in [0.5, 0.6) is 0 Å². The van der Waals surface area contributed by atoms with Crippen molar-refractivity contribution in [3.63, 3.8) is 0 Å². The van der Waals surface area contributed by atoms with E-state index in [0.717, 1.165) is 11.1 Å². The molecular weight excluding hydrogens is 214 g/mol. The van der Waals surface area contributed by atoms with Gasteiger partial charge in [-0.25, -0.2) is 5.48 Å². The average molecular weight is 226 g/mol. The second-order valence-corrected chi connectivity index (χ2v) is 3.38. The van der Waals surface area contributed by atoms with Crippen LogP contribution in [0.3, 0.4) is 0 Å². The lowest BCUT2D eigenvalue weighted by Crippen LogP contribution is -2.19. The van der Waals surface area contributed by atoms with Crippen LogP contribution in [0.4, 0.5) is 0 Å². The molecule has 1 amide bonds. The van der Waals surface area contributed by atoms with Gasteiger partial charge in [0.1, 0.15) is 0 Å². The lowest BCUT2D eigenvalue weighted by molar-refractivity contribution is -0.126. The summed E-state index contributed by atoms with van der Waals surface area (Å²) in [7, 11) is 1.39. The van der Waals surface area contributed by atoms with E-state index in [0.29, 0.717) is 5.02 Å². The molecule has 0 aliphatic rings. The minimum absolute atomic E-state index is 0.310. The number of carbonyl (C=O) groups excluding carboxylic acids is 1. The fourth-order valence-electron chi connectivity index (χ4n) is 1.19. The van der Waals surface area contributed by atoms with E-state index in [1.165, 1.54) is 13.2 Å². The number of hydrogen-bond acceptors (Lipinski definition) is 2. The molecule has 0 radical (unpaired) electrons. The fourth-order valence-corrected chi connectivity index (χ4v) is 1.47. The molecule has 0 saturated heterocycles. The van der Waals surface area contributed by atoms with Gasteiger partial charge in [-0.2, -0.15) is 0 Å². The summed E-state index contributed by atoms with van der Waals surface area (Å²) in [5.74, 6) is -0.310. The van der Waals surface area contributed by atoms with Crippen LogP contribution >= 0.6 is 11.6 Å². The summed E-state index contributed by atoms with van der Waals surface area (Å²) < 4.78 is 0. The molecular formula is C11H12ClNO2. The zero-order chi connectivity index (χ0) is 11.3. The third-order valence-corrected chi connectivity index (χ3v) is 2.18. The smallest absolute Gasteiger partial charge is 0.267 e. The highest BCUT2D eigenvalue weighted by Crippen LogP contribution is 2.22. The number of rotatable bonds is 3. The molecule has 1 aromatic carbocycles. The van der Waals surface area contributed by atoms with Crippen molar-refractivity contribution in [1.29, 1.82) is 0 Å². The first-order valence-electron chi connectivity index (χ1n) is 4.41. The van der Waals surface area contributed by atoms with Gasteiger partial charge in [-0.3, -0.25) is 9.63 Å². The molecule has 1 N–H and O–H groups in total. The number of allylic oxidation sites excluding steroid dienone is 1. The number of amides is 1. The van der Waals surface area contributed by atoms with E-state index >= 15 is 0 Å². The number of benzene rings is 1. The van der Waals surface area contributed by atoms with Crippen molar-refractivity contribution >= 4 is 23.1 Å². The van der Waals surface area contributed by atoms with E-state index < -0.39 is 0 Å². The maximum atomic E-state index is 11.2. The highest BCUT2D eigenvalue weighted by atomic mass is 35.5. The molecule has 0 fully saturated rings. The van der Waals surface area contributed by atoms with E-state index in [-0.39, 0.29) is 5.91 Å². The van der Waals surface area contributed by atoms with Crippen molar-refractivity contribution in [3.05, 3.63) is 40.9 Å². The van der Waals surface area contributed by atoms with Gasteiger partial charge < -0.3 is 0 Å². The maximum absolute atomic E-state index is 11.2. The second kappa shape index (κ2) is 5.53. The summed E-state index contributed by atoms with van der Waals surface area (Å²) in [6, 6.07) is 7.35. The van der Waals surface area contributed by atoms with Crippen molar-refractivity contribution < 1.29 is 9.63 Å². The zero-order valence-electron chi connectivity index (χ0n) is 8.58. The number of hydrogen-bond donors (Lipinski definition) is 1. The normalized spacial score (nSPS) is 11.3. The Kier molecular flexibility index (Phi) is 4.34. The summed E-state index contributed by atoms with van der Waals surface area (Å²) in [6.45, 7) is 1.82. The highest BCUT2D eigenvalue weighted by Gasteiger charge is 2.03. The van der Waals surface area contributed by atoms with E-state index in [4.69, 9.17) is 11.6 Å². The average Bonchev–Trinajstić information content (AvgIpc) is 2.18. The molecule has 1 aromatic rings. The third-order valence-electron chi connectivity index (χ3n) is 1.85. The number of nitrogens with one attached hydrogen (secondary N) is 1.